The molecule has 10 atom stereocenters. The van der Waals surface area contributed by atoms with Crippen LogP contribution in [0.3, 0.4) is 0 Å². The molecule has 6 unspecified atom stereocenters. The van der Waals surface area contributed by atoms with Gasteiger partial charge in [0.25, 0.3) is 0 Å². The van der Waals surface area contributed by atoms with Gasteiger partial charge in [0.05, 0.1) is 49.7 Å². The molecule has 4 aliphatic carbocycles. The molecule has 2 N–H and O–H groups in total. The second kappa shape index (κ2) is 16.0. The number of nitrogens with one attached hydrogen (secondary N) is 2. The molecule has 12 nitrogen and oxygen atoms in total. The molecule has 65 heavy (non-hydrogen) atoms. The van der Waals surface area contributed by atoms with E-state index in [2.05, 4.69) is 69.8 Å². The summed E-state index contributed by atoms with van der Waals surface area (Å²) in [6, 6.07) is 19.8. The third-order valence-corrected chi connectivity index (χ3v) is 16.2. The second-order valence-electron chi connectivity index (χ2n) is 20.7. The Labute approximate surface area is 380 Å². The van der Waals surface area contributed by atoms with Gasteiger partial charge in [-0.05, 0) is 137 Å². The number of likely N-dealkylation sites (tertiary alicyclic amines) is 2. The topological polar surface area (TPSA) is 146 Å². The Bertz CT molecular complexity index is 2680. The Kier molecular flexibility index (Phi) is 10.3. The Morgan fingerprint density at radius 2 is 1.37 bits per heavy atom. The molecule has 0 spiro atoms. The summed E-state index contributed by atoms with van der Waals surface area (Å²) in [5.74, 6) is 2.06. The fraction of sp³-hybridized carbons (Fsp3) is 0.509. The van der Waals surface area contributed by atoms with Crippen LogP contribution in [-0.2, 0) is 23.9 Å². The number of aliphatic imine (C=N–C) groups is 1. The predicted octanol–water partition coefficient (Wildman–Crippen LogP) is 9.31. The summed E-state index contributed by atoms with van der Waals surface area (Å²) in [4.78, 5) is 70.2. The van der Waals surface area contributed by atoms with Crippen LogP contribution in [-0.4, -0.2) is 87.7 Å². The number of rotatable bonds is 12. The van der Waals surface area contributed by atoms with Crippen LogP contribution >= 0.6 is 0 Å². The highest BCUT2D eigenvalue weighted by molar-refractivity contribution is 6.04. The van der Waals surface area contributed by atoms with Gasteiger partial charge in [0, 0.05) is 30.4 Å². The highest BCUT2D eigenvalue weighted by Crippen LogP contribution is 2.59. The largest absolute Gasteiger partial charge is 0.469 e. The highest BCUT2D eigenvalue weighted by atomic mass is 16.5. The van der Waals surface area contributed by atoms with Crippen LogP contribution in [0.2, 0.25) is 0 Å². The van der Waals surface area contributed by atoms with E-state index in [1.807, 2.05) is 38.8 Å². The van der Waals surface area contributed by atoms with Gasteiger partial charge in [-0.1, -0.05) is 70.2 Å². The van der Waals surface area contributed by atoms with Crippen molar-refractivity contribution in [1.82, 2.24) is 25.1 Å². The van der Waals surface area contributed by atoms with Crippen LogP contribution in [0.1, 0.15) is 126 Å². The van der Waals surface area contributed by atoms with Gasteiger partial charge in [-0.25, -0.2) is 9.78 Å². The van der Waals surface area contributed by atoms with E-state index < -0.39 is 18.1 Å². The van der Waals surface area contributed by atoms with Gasteiger partial charge in [0.1, 0.15) is 11.9 Å². The molecule has 5 fully saturated rings. The zero-order valence-electron chi connectivity index (χ0n) is 38.3. The molecule has 338 valence electrons. The molecule has 1 aromatic heterocycles. The molecule has 0 radical (unpaired) electrons. The zero-order valence-corrected chi connectivity index (χ0v) is 38.3. The van der Waals surface area contributed by atoms with Crippen molar-refractivity contribution in [2.24, 2.45) is 34.6 Å². The van der Waals surface area contributed by atoms with Crippen LogP contribution in [0.15, 0.2) is 65.8 Å². The van der Waals surface area contributed by atoms with Gasteiger partial charge in [-0.2, -0.15) is 0 Å². The first-order valence-corrected chi connectivity index (χ1v) is 24.0. The Morgan fingerprint density at radius 1 is 0.738 bits per heavy atom. The van der Waals surface area contributed by atoms with Gasteiger partial charge in [-0.15, -0.1) is 0 Å². The highest BCUT2D eigenvalue weighted by Gasteiger charge is 2.57. The van der Waals surface area contributed by atoms with Crippen molar-refractivity contribution in [3.8, 4) is 22.3 Å². The van der Waals surface area contributed by atoms with Crippen molar-refractivity contribution in [3.05, 3.63) is 83.3 Å². The number of carbonyl (C=O) groups excluding carboxylic acids is 4. The van der Waals surface area contributed by atoms with E-state index >= 15 is 0 Å². The number of amides is 3. The minimum atomic E-state index is -0.671. The maximum absolute atomic E-state index is 14.0. The molecular weight excluding hydrogens is 817 g/mol. The Hall–Kier alpha value is -5.78. The number of H-pyrrole nitrogens is 1. The molecule has 4 heterocycles. The minimum Gasteiger partial charge on any atom is -0.469 e. The molecular formula is C53H60N6O6. The maximum Gasteiger partial charge on any atom is 0.407 e. The number of hydrogen-bond donors (Lipinski definition) is 2. The first kappa shape index (κ1) is 41.9. The summed E-state index contributed by atoms with van der Waals surface area (Å²) in [6.45, 7) is 7.92. The van der Waals surface area contributed by atoms with Gasteiger partial charge in [0.2, 0.25) is 11.8 Å². The van der Waals surface area contributed by atoms with Gasteiger partial charge >= 0.3 is 12.1 Å². The monoisotopic (exact) mass is 876 g/mol. The molecule has 7 aliphatic rings. The lowest BCUT2D eigenvalue weighted by Gasteiger charge is -2.32. The summed E-state index contributed by atoms with van der Waals surface area (Å²) in [5, 5.41) is 2.78. The van der Waals surface area contributed by atoms with E-state index in [0.717, 1.165) is 60.2 Å². The number of nitrogens with zero attached hydrogens (tertiary/aromatic N) is 4. The number of imidazole rings is 1. The standard InChI is InChI=1S/C53H60N6O6/c1-26(2)38(24-46(60)64-5)51(61)58-42-20-33(42)22-44(58)41-19-35(25-54-41)28-7-9-29(10-8-28)36-14-15-37(48-32-12-11-31(17-32)47(36)48)30-13-16-39-40(18-30)56-50(55-39)45-23-34-21-43(34)59(45)52(62)49(27(3)4)57-53(63)65-6/h7-10,13-16,18,25-27,31-34,38,42-45,49H,11-12,17,19-24H2,1-6H3,(H,55,56)(H,57,63)/t31?,32?,33?,34?,38-,42?,43?,44-,45+,49-/m0/s1. The number of ether oxygens (including phenoxy) is 2. The minimum absolute atomic E-state index is 0.0228. The molecule has 2 saturated heterocycles. The molecule has 11 rings (SSSR count). The van der Waals surface area contributed by atoms with Crippen molar-refractivity contribution in [2.45, 2.75) is 128 Å². The van der Waals surface area contributed by atoms with Crippen molar-refractivity contribution in [1.29, 1.82) is 0 Å². The number of aromatic amines is 1. The Balaban J connectivity index is 0.817. The van der Waals surface area contributed by atoms with Crippen molar-refractivity contribution < 1.29 is 28.7 Å². The average Bonchev–Trinajstić information content (AvgIpc) is 3.75. The van der Waals surface area contributed by atoms with Crippen molar-refractivity contribution in [3.63, 3.8) is 0 Å². The summed E-state index contributed by atoms with van der Waals surface area (Å²) >= 11 is 0. The van der Waals surface area contributed by atoms with Crippen LogP contribution in [0.25, 0.3) is 38.9 Å². The maximum atomic E-state index is 14.0. The predicted molar refractivity (Wildman–Crippen MR) is 249 cm³/mol. The van der Waals surface area contributed by atoms with Crippen LogP contribution < -0.4 is 5.32 Å². The van der Waals surface area contributed by atoms with E-state index in [9.17, 15) is 19.2 Å². The number of allylic oxidation sites excluding steroid dienone is 1. The lowest BCUT2D eigenvalue weighted by molar-refractivity contribution is -0.148. The fourth-order valence-electron chi connectivity index (χ4n) is 12.6. The molecule has 3 saturated carbocycles. The summed E-state index contributed by atoms with van der Waals surface area (Å²) in [7, 11) is 2.71. The molecule has 3 amide bonds. The number of aromatic nitrogens is 2. The van der Waals surface area contributed by atoms with Crippen LogP contribution in [0, 0.1) is 29.6 Å². The van der Waals surface area contributed by atoms with Crippen molar-refractivity contribution in [2.75, 3.05) is 14.2 Å². The normalized spacial score (nSPS) is 27.6. The van der Waals surface area contributed by atoms with Gasteiger partial charge in [-0.3, -0.25) is 19.4 Å². The molecule has 3 aromatic carbocycles. The third-order valence-electron chi connectivity index (χ3n) is 16.2. The molecule has 12 heteroatoms. The van der Waals surface area contributed by atoms with E-state index in [0.29, 0.717) is 23.7 Å². The molecule has 2 bridgehead atoms. The zero-order chi connectivity index (χ0) is 45.0. The lowest BCUT2D eigenvalue weighted by Crippen LogP contribution is -2.52. The van der Waals surface area contributed by atoms with Crippen molar-refractivity contribution >= 4 is 46.2 Å². The first-order valence-electron chi connectivity index (χ1n) is 24.0. The quantitative estimate of drug-likeness (QED) is 0.135. The fourth-order valence-corrected chi connectivity index (χ4v) is 12.6. The van der Waals surface area contributed by atoms with E-state index in [1.54, 1.807) is 0 Å². The lowest BCUT2D eigenvalue weighted by atomic mass is 9.81. The van der Waals surface area contributed by atoms with Crippen LogP contribution in [0.4, 0.5) is 4.79 Å². The number of benzene rings is 3. The smallest absolute Gasteiger partial charge is 0.407 e. The second-order valence-corrected chi connectivity index (χ2v) is 20.7. The summed E-state index contributed by atoms with van der Waals surface area (Å²) in [6.07, 6.45) is 9.68. The first-order chi connectivity index (χ1) is 31.4. The summed E-state index contributed by atoms with van der Waals surface area (Å²) in [5.41, 5.74) is 13.2. The van der Waals surface area contributed by atoms with Crippen LogP contribution in [0.5, 0.6) is 0 Å². The Morgan fingerprint density at radius 3 is 2.02 bits per heavy atom. The van der Waals surface area contributed by atoms with E-state index in [4.69, 9.17) is 19.5 Å². The number of alkyl carbamates (subject to hydrolysis) is 1. The van der Waals surface area contributed by atoms with E-state index in [1.165, 1.54) is 72.4 Å². The number of methoxy groups -OCH3 is 2. The number of fused-ring (bicyclic) bond motifs is 8. The van der Waals surface area contributed by atoms with Gasteiger partial charge < -0.3 is 29.6 Å². The average molecular weight is 877 g/mol. The van der Waals surface area contributed by atoms with Gasteiger partial charge in [0.15, 0.2) is 0 Å². The van der Waals surface area contributed by atoms with E-state index in [-0.39, 0.29) is 60.2 Å². The molecule has 4 aromatic rings. The SMILES string of the molecule is COC(=O)C[C@H](C(=O)N1C2CC2C[C@H]1C1=NC=C(c2ccc(-c3ccc(-c4ccc5nc([C@H]6CC7CC7N6C(=O)[C@@H](NC(=O)OC)C(C)C)[nH]c5c4)c4c3C3CCC4C3)cc2)C1)C(C)C. The summed E-state index contributed by atoms with van der Waals surface area (Å²) < 4.78 is 9.82. The number of esters is 1. The number of piperidine rings is 2. The third kappa shape index (κ3) is 7.17. The number of hydrogen-bond acceptors (Lipinski definition) is 8. The molecule has 3 aliphatic heterocycles. The number of carbonyl (C=O) groups is 4.